The van der Waals surface area contributed by atoms with Gasteiger partial charge in [0.2, 0.25) is 0 Å². The molecule has 0 fully saturated rings. The van der Waals surface area contributed by atoms with Gasteiger partial charge in [0.05, 0.1) is 0 Å². The second kappa shape index (κ2) is 5.23. The molecule has 0 aliphatic heterocycles. The highest BCUT2D eigenvalue weighted by Crippen LogP contribution is 2.25. The Morgan fingerprint density at radius 1 is 1.14 bits per heavy atom. The van der Waals surface area contributed by atoms with Crippen molar-refractivity contribution in [1.29, 1.82) is 0 Å². The van der Waals surface area contributed by atoms with Gasteiger partial charge in [-0.15, -0.1) is 0 Å². The molecule has 4 nitrogen and oxygen atoms in total. The van der Waals surface area contributed by atoms with Crippen molar-refractivity contribution in [2.75, 3.05) is 0 Å². The molecule has 0 aliphatic carbocycles. The Labute approximate surface area is 61.4 Å². The first-order valence-corrected chi connectivity index (χ1v) is 2.35. The van der Waals surface area contributed by atoms with Gasteiger partial charge < -0.3 is 14.7 Å². The Kier molecular flexibility index (Phi) is 11.7. The monoisotopic (exact) mass is 150 g/mol. The third-order valence-electron chi connectivity index (χ3n) is 0. The van der Waals surface area contributed by atoms with E-state index >= 15 is 0 Å². The van der Waals surface area contributed by atoms with Crippen molar-refractivity contribution in [3.63, 3.8) is 0 Å². The van der Waals surface area contributed by atoms with Crippen molar-refractivity contribution in [3.05, 3.63) is 0 Å². The molecule has 0 saturated heterocycles. The molecule has 0 heterocycles. The third kappa shape index (κ3) is 154. The van der Waals surface area contributed by atoms with Crippen LogP contribution < -0.4 is 0 Å². The molecular formula is H3MgO4PSi. The summed E-state index contributed by atoms with van der Waals surface area (Å²) >= 11 is 0. The molecule has 3 N–H and O–H groups in total. The summed E-state index contributed by atoms with van der Waals surface area (Å²) in [4.78, 5) is 21.6. The summed E-state index contributed by atoms with van der Waals surface area (Å²) in [6.45, 7) is 0. The van der Waals surface area contributed by atoms with Crippen LogP contribution in [0.5, 0.6) is 0 Å². The van der Waals surface area contributed by atoms with Crippen molar-refractivity contribution in [3.8, 4) is 0 Å². The van der Waals surface area contributed by atoms with E-state index in [2.05, 4.69) is 0 Å². The van der Waals surface area contributed by atoms with Crippen LogP contribution >= 0.6 is 7.82 Å². The van der Waals surface area contributed by atoms with Crippen LogP contribution in [-0.2, 0) is 4.57 Å². The predicted molar refractivity (Wildman–Crippen MR) is 25.8 cm³/mol. The standard InChI is InChI=1S/Mg.H3O4P.Si/c;1-5(2,3)4;/h;(H3,1,2,3,4);. The number of hydrogen-bond donors (Lipinski definition) is 3. The van der Waals surface area contributed by atoms with E-state index in [1.54, 1.807) is 0 Å². The SMILES string of the molecule is O=P(O)(O)O.[Mg].[Si]. The lowest BCUT2D eigenvalue weighted by molar-refractivity contribution is 0.275. The van der Waals surface area contributed by atoms with Crippen LogP contribution in [0.1, 0.15) is 0 Å². The first-order chi connectivity index (χ1) is 2.00. The number of phosphoric acid groups is 1. The maximum absolute atomic E-state index is 8.88. The van der Waals surface area contributed by atoms with Crippen molar-refractivity contribution in [1.82, 2.24) is 0 Å². The lowest BCUT2D eigenvalue weighted by Crippen LogP contribution is -1.66. The van der Waals surface area contributed by atoms with Crippen LogP contribution in [0.2, 0.25) is 0 Å². The zero-order valence-corrected chi connectivity index (χ0v) is 6.71. The molecule has 0 aromatic rings. The van der Waals surface area contributed by atoms with Gasteiger partial charge in [-0.1, -0.05) is 0 Å². The Bertz CT molecular complexity index is 57.8. The van der Waals surface area contributed by atoms with Crippen LogP contribution in [0.4, 0.5) is 0 Å². The summed E-state index contributed by atoms with van der Waals surface area (Å²) in [6, 6.07) is 0. The average Bonchev–Trinajstić information content (AvgIpc) is 0.722. The summed E-state index contributed by atoms with van der Waals surface area (Å²) in [6.07, 6.45) is 0. The average molecular weight is 150 g/mol. The van der Waals surface area contributed by atoms with Crippen LogP contribution in [0.15, 0.2) is 0 Å². The van der Waals surface area contributed by atoms with Crippen LogP contribution in [0.25, 0.3) is 0 Å². The molecule has 6 radical (unpaired) electrons. The highest BCUT2D eigenvalue weighted by molar-refractivity contribution is 7.45. The molecule has 0 aromatic carbocycles. The molecule has 38 valence electrons. The van der Waals surface area contributed by atoms with E-state index in [1.807, 2.05) is 0 Å². The highest BCUT2D eigenvalue weighted by atomic mass is 31.2. The molecule has 7 heavy (non-hydrogen) atoms. The minimum absolute atomic E-state index is 0. The van der Waals surface area contributed by atoms with Crippen molar-refractivity contribution in [2.45, 2.75) is 0 Å². The quantitative estimate of drug-likeness (QED) is 0.284. The molecule has 7 heteroatoms. The van der Waals surface area contributed by atoms with E-state index in [-0.39, 0.29) is 34.0 Å². The van der Waals surface area contributed by atoms with Crippen LogP contribution in [0.3, 0.4) is 0 Å². The first-order valence-electron chi connectivity index (χ1n) is 0.783. The Morgan fingerprint density at radius 2 is 1.14 bits per heavy atom. The van der Waals surface area contributed by atoms with Gasteiger partial charge in [0, 0.05) is 34.0 Å². The maximum Gasteiger partial charge on any atom is 0.466 e. The minimum Gasteiger partial charge on any atom is -0.303 e. The second-order valence-electron chi connectivity index (χ2n) is 0.513. The fourth-order valence-corrected chi connectivity index (χ4v) is 0. The fourth-order valence-electron chi connectivity index (χ4n) is 0. The van der Waals surface area contributed by atoms with E-state index in [9.17, 15) is 0 Å². The Hall–Kier alpha value is 1.09. The zero-order chi connectivity index (χ0) is 4.50. The summed E-state index contributed by atoms with van der Waals surface area (Å²) < 4.78 is 8.88. The van der Waals surface area contributed by atoms with Crippen molar-refractivity contribution in [2.24, 2.45) is 0 Å². The maximum atomic E-state index is 8.88. The van der Waals surface area contributed by atoms with E-state index in [0.717, 1.165) is 0 Å². The molecule has 0 atom stereocenters. The van der Waals surface area contributed by atoms with Crippen LogP contribution in [0, 0.1) is 0 Å². The van der Waals surface area contributed by atoms with E-state index in [4.69, 9.17) is 19.2 Å². The van der Waals surface area contributed by atoms with Gasteiger partial charge in [0.1, 0.15) is 0 Å². The summed E-state index contributed by atoms with van der Waals surface area (Å²) in [7, 11) is -4.64. The largest absolute Gasteiger partial charge is 0.466 e. The Balaban J connectivity index is -0.0000000800. The molecule has 0 aliphatic rings. The molecular weight excluding hydrogens is 147 g/mol. The zero-order valence-electron chi connectivity index (χ0n) is 3.40. The van der Waals surface area contributed by atoms with Crippen molar-refractivity contribution < 1.29 is 19.2 Å². The van der Waals surface area contributed by atoms with Gasteiger partial charge in [0.15, 0.2) is 0 Å². The molecule has 0 spiro atoms. The van der Waals surface area contributed by atoms with E-state index in [1.165, 1.54) is 0 Å². The lowest BCUT2D eigenvalue weighted by atomic mass is 15.8. The van der Waals surface area contributed by atoms with E-state index in [0.29, 0.717) is 0 Å². The molecule has 0 rings (SSSR count). The van der Waals surface area contributed by atoms with Gasteiger partial charge in [-0.2, -0.15) is 0 Å². The van der Waals surface area contributed by atoms with Gasteiger partial charge in [-0.3, -0.25) is 0 Å². The summed E-state index contributed by atoms with van der Waals surface area (Å²) in [5.41, 5.74) is 0. The highest BCUT2D eigenvalue weighted by Gasteiger charge is 2.00. The second-order valence-corrected chi connectivity index (χ2v) is 1.54. The van der Waals surface area contributed by atoms with E-state index < -0.39 is 7.82 Å². The molecule has 0 amide bonds. The van der Waals surface area contributed by atoms with Gasteiger partial charge >= 0.3 is 7.82 Å². The first kappa shape index (κ1) is 15.7. The van der Waals surface area contributed by atoms with Gasteiger partial charge in [-0.25, -0.2) is 4.57 Å². The molecule has 0 saturated carbocycles. The smallest absolute Gasteiger partial charge is 0.303 e. The van der Waals surface area contributed by atoms with Gasteiger partial charge in [-0.05, 0) is 0 Å². The number of rotatable bonds is 0. The minimum atomic E-state index is -4.64. The topological polar surface area (TPSA) is 77.8 Å². The van der Waals surface area contributed by atoms with Gasteiger partial charge in [0.25, 0.3) is 0 Å². The molecule has 0 aromatic heterocycles. The predicted octanol–water partition coefficient (Wildman–Crippen LogP) is -1.69. The number of hydrogen-bond acceptors (Lipinski definition) is 1. The molecule has 0 bridgehead atoms. The Morgan fingerprint density at radius 3 is 1.14 bits per heavy atom. The van der Waals surface area contributed by atoms with Crippen LogP contribution in [-0.4, -0.2) is 48.7 Å². The summed E-state index contributed by atoms with van der Waals surface area (Å²) in [5, 5.41) is 0. The lowest BCUT2D eigenvalue weighted by Gasteiger charge is -1.82. The third-order valence-corrected chi connectivity index (χ3v) is 0. The molecule has 0 unspecified atom stereocenters. The van der Waals surface area contributed by atoms with Crippen molar-refractivity contribution >= 4 is 41.8 Å². The normalized spacial score (nSPS) is 8.43. The summed E-state index contributed by atoms with van der Waals surface area (Å²) in [5.74, 6) is 0. The fraction of sp³-hybridized carbons (Fsp3) is 0.